The monoisotopic (exact) mass is 418 g/mol. The van der Waals surface area contributed by atoms with Crippen molar-refractivity contribution in [2.45, 2.75) is 12.5 Å². The highest BCUT2D eigenvalue weighted by Gasteiger charge is 2.38. The van der Waals surface area contributed by atoms with Crippen molar-refractivity contribution in [2.24, 2.45) is 0 Å². The predicted molar refractivity (Wildman–Crippen MR) is 106 cm³/mol. The average Bonchev–Trinajstić information content (AvgIpc) is 3.56. The van der Waals surface area contributed by atoms with Crippen LogP contribution in [-0.2, 0) is 6.42 Å². The van der Waals surface area contributed by atoms with Gasteiger partial charge in [0.25, 0.3) is 0 Å². The Labute approximate surface area is 173 Å². The molecule has 1 aliphatic heterocycles. The summed E-state index contributed by atoms with van der Waals surface area (Å²) in [5.41, 5.74) is 2.69. The van der Waals surface area contributed by atoms with Gasteiger partial charge in [0.05, 0.1) is 22.2 Å². The predicted octanol–water partition coefficient (Wildman–Crippen LogP) is 2.38. The number of para-hydroxylation sites is 1. The first-order valence-corrected chi connectivity index (χ1v) is 10.1. The first kappa shape index (κ1) is 17.0. The second-order valence-corrected chi connectivity index (χ2v) is 7.84. The highest BCUT2D eigenvalue weighted by Crippen LogP contribution is 2.38. The summed E-state index contributed by atoms with van der Waals surface area (Å²) in [6, 6.07) is 9.35. The average molecular weight is 418 g/mol. The SMILES string of the molecule is O=C(c1nnc(-n2cccn2)o1)N1CCc2[nH]cnc2[C@H]1c1nc2ccccc2s1. The summed E-state index contributed by atoms with van der Waals surface area (Å²) in [6.07, 6.45) is 5.57. The number of hydrogen-bond donors (Lipinski definition) is 1. The lowest BCUT2D eigenvalue weighted by Crippen LogP contribution is -2.41. The number of aromatic amines is 1. The molecular formula is C19H14N8O2S. The zero-order valence-electron chi connectivity index (χ0n) is 15.5. The second-order valence-electron chi connectivity index (χ2n) is 6.78. The fourth-order valence-corrected chi connectivity index (χ4v) is 4.74. The quantitative estimate of drug-likeness (QED) is 0.478. The number of fused-ring (bicyclic) bond motifs is 2. The Balaban J connectivity index is 1.41. The van der Waals surface area contributed by atoms with Gasteiger partial charge in [-0.15, -0.1) is 16.4 Å². The lowest BCUT2D eigenvalue weighted by Gasteiger charge is -2.32. The van der Waals surface area contributed by atoms with E-state index in [2.05, 4.69) is 25.3 Å². The fourth-order valence-electron chi connectivity index (χ4n) is 3.65. The molecule has 0 saturated carbocycles. The normalized spacial score (nSPS) is 16.1. The van der Waals surface area contributed by atoms with E-state index in [1.165, 1.54) is 4.68 Å². The van der Waals surface area contributed by atoms with Gasteiger partial charge in [0, 0.05) is 31.1 Å². The Bertz CT molecular complexity index is 1320. The zero-order valence-corrected chi connectivity index (χ0v) is 16.3. The Hall–Kier alpha value is -3.86. The topological polar surface area (TPSA) is 119 Å². The molecule has 1 aliphatic rings. The molecule has 1 amide bonds. The second kappa shape index (κ2) is 6.59. The van der Waals surface area contributed by atoms with Crippen LogP contribution in [-0.4, -0.2) is 52.3 Å². The summed E-state index contributed by atoms with van der Waals surface area (Å²) < 4.78 is 8.07. The van der Waals surface area contributed by atoms with E-state index in [0.717, 1.165) is 26.6 Å². The van der Waals surface area contributed by atoms with Gasteiger partial charge in [0.2, 0.25) is 0 Å². The number of carbonyl (C=O) groups is 1. The van der Waals surface area contributed by atoms with E-state index in [1.807, 2.05) is 24.3 Å². The summed E-state index contributed by atoms with van der Waals surface area (Å²) in [6.45, 7) is 0.480. The van der Waals surface area contributed by atoms with Gasteiger partial charge < -0.3 is 14.3 Å². The van der Waals surface area contributed by atoms with Gasteiger partial charge in [0.1, 0.15) is 11.0 Å². The molecule has 0 fully saturated rings. The summed E-state index contributed by atoms with van der Waals surface area (Å²) in [7, 11) is 0. The van der Waals surface area contributed by atoms with Crippen molar-refractivity contribution in [3.8, 4) is 6.01 Å². The molecule has 0 unspecified atom stereocenters. The number of hydrogen-bond acceptors (Lipinski definition) is 8. The Kier molecular flexibility index (Phi) is 3.74. The molecule has 6 rings (SSSR count). The van der Waals surface area contributed by atoms with Crippen LogP contribution in [0.4, 0.5) is 0 Å². The highest BCUT2D eigenvalue weighted by molar-refractivity contribution is 7.18. The van der Waals surface area contributed by atoms with Crippen LogP contribution >= 0.6 is 11.3 Å². The number of amides is 1. The minimum Gasteiger partial charge on any atom is -0.397 e. The Morgan fingerprint density at radius 2 is 2.17 bits per heavy atom. The van der Waals surface area contributed by atoms with Gasteiger partial charge in [0.15, 0.2) is 0 Å². The first-order chi connectivity index (χ1) is 14.8. The summed E-state index contributed by atoms with van der Waals surface area (Å²) in [5.74, 6) is -0.454. The maximum Gasteiger partial charge on any atom is 0.344 e. The molecule has 148 valence electrons. The van der Waals surface area contributed by atoms with Crippen molar-refractivity contribution in [1.82, 2.24) is 39.8 Å². The number of nitrogens with zero attached hydrogens (tertiary/aromatic N) is 7. The number of rotatable bonds is 3. The molecule has 0 radical (unpaired) electrons. The number of H-pyrrole nitrogens is 1. The third-order valence-corrected chi connectivity index (χ3v) is 6.12. The van der Waals surface area contributed by atoms with Crippen LogP contribution in [0.15, 0.2) is 53.5 Å². The fraction of sp³-hybridized carbons (Fsp3) is 0.158. The van der Waals surface area contributed by atoms with Gasteiger partial charge >= 0.3 is 17.8 Å². The number of benzene rings is 1. The van der Waals surface area contributed by atoms with Crippen LogP contribution in [0.3, 0.4) is 0 Å². The molecule has 10 nitrogen and oxygen atoms in total. The summed E-state index contributed by atoms with van der Waals surface area (Å²) in [4.78, 5) is 27.5. The Morgan fingerprint density at radius 3 is 3.03 bits per heavy atom. The van der Waals surface area contributed by atoms with Crippen LogP contribution in [0.25, 0.3) is 16.2 Å². The third kappa shape index (κ3) is 2.63. The largest absolute Gasteiger partial charge is 0.397 e. The molecule has 0 bridgehead atoms. The summed E-state index contributed by atoms with van der Waals surface area (Å²) in [5, 5.41) is 12.7. The number of nitrogens with one attached hydrogen (secondary N) is 1. The number of thiazole rings is 1. The zero-order chi connectivity index (χ0) is 20.1. The molecular weight excluding hydrogens is 404 g/mol. The van der Waals surface area contributed by atoms with Crippen molar-refractivity contribution in [2.75, 3.05) is 6.54 Å². The number of imidazole rings is 1. The van der Waals surface area contributed by atoms with Crippen LogP contribution in [0, 0.1) is 0 Å². The van der Waals surface area contributed by atoms with Crippen LogP contribution < -0.4 is 0 Å². The molecule has 0 aliphatic carbocycles. The van der Waals surface area contributed by atoms with Gasteiger partial charge in [-0.25, -0.2) is 9.97 Å². The van der Waals surface area contributed by atoms with Gasteiger partial charge in [-0.05, 0) is 18.2 Å². The molecule has 11 heteroatoms. The van der Waals surface area contributed by atoms with E-state index in [4.69, 9.17) is 9.40 Å². The summed E-state index contributed by atoms with van der Waals surface area (Å²) >= 11 is 1.55. The minimum absolute atomic E-state index is 0.0920. The lowest BCUT2D eigenvalue weighted by molar-refractivity contribution is 0.0649. The molecule has 0 saturated heterocycles. The van der Waals surface area contributed by atoms with E-state index in [0.29, 0.717) is 13.0 Å². The molecule has 4 aromatic heterocycles. The molecule has 1 aromatic carbocycles. The van der Waals surface area contributed by atoms with Gasteiger partial charge in [-0.3, -0.25) is 4.79 Å². The number of aromatic nitrogens is 7. The lowest BCUT2D eigenvalue weighted by atomic mass is 10.0. The van der Waals surface area contributed by atoms with Gasteiger partial charge in [-0.1, -0.05) is 17.2 Å². The molecule has 5 aromatic rings. The maximum absolute atomic E-state index is 13.4. The van der Waals surface area contributed by atoms with Crippen molar-refractivity contribution >= 4 is 27.5 Å². The Morgan fingerprint density at radius 1 is 1.23 bits per heavy atom. The van der Waals surface area contributed by atoms with Crippen molar-refractivity contribution in [1.29, 1.82) is 0 Å². The molecule has 1 N–H and O–H groups in total. The first-order valence-electron chi connectivity index (χ1n) is 9.30. The van der Waals surface area contributed by atoms with Crippen LogP contribution in [0.2, 0.25) is 0 Å². The van der Waals surface area contributed by atoms with Gasteiger partial charge in [-0.2, -0.15) is 9.78 Å². The van der Waals surface area contributed by atoms with E-state index in [1.54, 1.807) is 41.0 Å². The molecule has 1 atom stereocenters. The van der Waals surface area contributed by atoms with Crippen molar-refractivity contribution in [3.05, 3.63) is 71.3 Å². The van der Waals surface area contributed by atoms with Crippen LogP contribution in [0.1, 0.15) is 33.1 Å². The maximum atomic E-state index is 13.4. The molecule has 30 heavy (non-hydrogen) atoms. The van der Waals surface area contributed by atoms with Crippen molar-refractivity contribution < 1.29 is 9.21 Å². The van der Waals surface area contributed by atoms with Crippen LogP contribution in [0.5, 0.6) is 0 Å². The van der Waals surface area contributed by atoms with E-state index in [9.17, 15) is 4.79 Å². The molecule has 5 heterocycles. The smallest absolute Gasteiger partial charge is 0.344 e. The van der Waals surface area contributed by atoms with E-state index < -0.39 is 6.04 Å². The standard InChI is InChI=1S/C19H14N8O2S/c28-18(16-24-25-19(29-16)27-8-3-7-22-27)26-9-6-12-14(21-10-20-12)15(26)17-23-11-4-1-2-5-13(11)30-17/h1-5,7-8,10,15H,6,9H2,(H,20,21)/t15-/m0/s1. The molecule has 0 spiro atoms. The van der Waals surface area contributed by atoms with Crippen molar-refractivity contribution in [3.63, 3.8) is 0 Å². The van der Waals surface area contributed by atoms with E-state index >= 15 is 0 Å². The number of carbonyl (C=O) groups excluding carboxylic acids is 1. The van der Waals surface area contributed by atoms with E-state index in [-0.39, 0.29) is 17.8 Å². The highest BCUT2D eigenvalue weighted by atomic mass is 32.1. The third-order valence-electron chi connectivity index (χ3n) is 5.03. The minimum atomic E-state index is -0.426.